The number of ether oxygens (including phenoxy) is 1. The van der Waals surface area contributed by atoms with Crippen molar-refractivity contribution in [1.29, 1.82) is 0 Å². The molecule has 0 amide bonds. The molecule has 0 saturated heterocycles. The van der Waals surface area contributed by atoms with Crippen molar-refractivity contribution in [2.24, 2.45) is 0 Å². The molecule has 0 aliphatic heterocycles. The summed E-state index contributed by atoms with van der Waals surface area (Å²) >= 11 is 0. The quantitative estimate of drug-likeness (QED) is 0.369. The van der Waals surface area contributed by atoms with E-state index in [9.17, 15) is 14.7 Å². The van der Waals surface area contributed by atoms with E-state index in [0.717, 1.165) is 17.0 Å². The molecule has 176 valence electrons. The molecule has 7 nitrogen and oxygen atoms in total. The van der Waals surface area contributed by atoms with Gasteiger partial charge in [-0.2, -0.15) is 0 Å². The van der Waals surface area contributed by atoms with Crippen LogP contribution in [-0.2, 0) is 13.1 Å². The van der Waals surface area contributed by atoms with Crippen LogP contribution in [0.3, 0.4) is 0 Å². The maximum absolute atomic E-state index is 13.0. The van der Waals surface area contributed by atoms with Gasteiger partial charge >= 0.3 is 11.3 Å². The molecule has 2 heterocycles. The van der Waals surface area contributed by atoms with E-state index in [1.807, 2.05) is 37.4 Å². The van der Waals surface area contributed by atoms with Gasteiger partial charge in [-0.05, 0) is 24.3 Å². The van der Waals surface area contributed by atoms with Gasteiger partial charge in [0, 0.05) is 28.0 Å². The second-order valence-corrected chi connectivity index (χ2v) is 8.54. The Hall–Kier alpha value is -4.36. The summed E-state index contributed by atoms with van der Waals surface area (Å²) in [6.45, 7) is 1.13. The normalized spacial score (nSPS) is 12.2. The Bertz CT molecular complexity index is 1650. The number of benzene rings is 3. The van der Waals surface area contributed by atoms with Crippen LogP contribution in [0.5, 0.6) is 11.5 Å². The summed E-state index contributed by atoms with van der Waals surface area (Å²) in [5, 5.41) is 11.9. The van der Waals surface area contributed by atoms with E-state index < -0.39 is 11.3 Å². The van der Waals surface area contributed by atoms with Gasteiger partial charge in [-0.3, -0.25) is 0 Å². The number of fused-ring (bicyclic) bond motifs is 2. The van der Waals surface area contributed by atoms with Gasteiger partial charge in [-0.15, -0.1) is 0 Å². The molecule has 0 bridgehead atoms. The molecule has 0 saturated carbocycles. The smallest absolute Gasteiger partial charge is 0.344 e. The molecule has 5 aromatic rings. The van der Waals surface area contributed by atoms with Crippen molar-refractivity contribution in [2.75, 3.05) is 14.2 Å². The van der Waals surface area contributed by atoms with E-state index in [2.05, 4.69) is 0 Å². The lowest BCUT2D eigenvalue weighted by Crippen LogP contribution is -3.06. The third kappa shape index (κ3) is 4.29. The Morgan fingerprint density at radius 2 is 1.66 bits per heavy atom. The Labute approximate surface area is 200 Å². The first kappa shape index (κ1) is 22.4. The summed E-state index contributed by atoms with van der Waals surface area (Å²) in [5.74, 6) is 0.473. The van der Waals surface area contributed by atoms with Gasteiger partial charge in [0.1, 0.15) is 18.8 Å². The zero-order valence-electron chi connectivity index (χ0n) is 19.3. The number of hydrogen-bond donors (Lipinski definition) is 2. The second kappa shape index (κ2) is 9.12. The van der Waals surface area contributed by atoms with Crippen molar-refractivity contribution >= 4 is 21.9 Å². The van der Waals surface area contributed by atoms with Gasteiger partial charge in [0.2, 0.25) is 0 Å². The van der Waals surface area contributed by atoms with E-state index in [1.54, 1.807) is 36.4 Å². The van der Waals surface area contributed by atoms with Crippen LogP contribution in [-0.4, -0.2) is 19.3 Å². The van der Waals surface area contributed by atoms with E-state index in [1.165, 1.54) is 13.2 Å². The molecule has 35 heavy (non-hydrogen) atoms. The second-order valence-electron chi connectivity index (χ2n) is 8.54. The number of hydrogen-bond acceptors (Lipinski definition) is 6. The number of aromatic hydroxyl groups is 1. The number of rotatable bonds is 6. The van der Waals surface area contributed by atoms with Crippen molar-refractivity contribution in [1.82, 2.24) is 0 Å². The Morgan fingerprint density at radius 1 is 0.857 bits per heavy atom. The number of para-hydroxylation sites is 1. The predicted molar refractivity (Wildman–Crippen MR) is 133 cm³/mol. The van der Waals surface area contributed by atoms with Crippen LogP contribution in [0.2, 0.25) is 0 Å². The minimum absolute atomic E-state index is 0.0282. The standard InChI is InChI=1S/C28H23NO6/c1-29(15-17-7-4-3-5-8-17)16-22-23(30)12-11-19-20(14-25(31)34-27(19)22)21-13-18-9-6-10-24(33-2)26(18)35-28(21)32/h3-14,30H,15-16H2,1-2H3/p+1. The van der Waals surface area contributed by atoms with Crippen molar-refractivity contribution in [3.8, 4) is 22.6 Å². The molecule has 5 rings (SSSR count). The zero-order chi connectivity index (χ0) is 24.5. The summed E-state index contributed by atoms with van der Waals surface area (Å²) in [6.07, 6.45) is 0. The fourth-order valence-corrected chi connectivity index (χ4v) is 4.44. The number of phenols is 1. The molecule has 2 N–H and O–H groups in total. The van der Waals surface area contributed by atoms with Gasteiger partial charge in [0.15, 0.2) is 16.9 Å². The monoisotopic (exact) mass is 470 g/mol. The summed E-state index contributed by atoms with van der Waals surface area (Å²) in [5.41, 5.74) is 1.63. The molecule has 0 fully saturated rings. The van der Waals surface area contributed by atoms with Gasteiger partial charge in [-0.25, -0.2) is 9.59 Å². The largest absolute Gasteiger partial charge is 0.507 e. The highest BCUT2D eigenvalue weighted by Crippen LogP contribution is 2.33. The summed E-state index contributed by atoms with van der Waals surface area (Å²) in [4.78, 5) is 26.7. The first-order chi connectivity index (χ1) is 16.9. The minimum atomic E-state index is -0.620. The number of methoxy groups -OCH3 is 1. The van der Waals surface area contributed by atoms with Crippen molar-refractivity contribution in [3.63, 3.8) is 0 Å². The highest BCUT2D eigenvalue weighted by molar-refractivity contribution is 5.97. The fraction of sp³-hybridized carbons (Fsp3) is 0.143. The average Bonchev–Trinajstić information content (AvgIpc) is 2.85. The van der Waals surface area contributed by atoms with Crippen LogP contribution in [0, 0.1) is 0 Å². The molecule has 1 atom stereocenters. The van der Waals surface area contributed by atoms with Crippen molar-refractivity contribution < 1.29 is 23.6 Å². The molecular weight excluding hydrogens is 446 g/mol. The zero-order valence-corrected chi connectivity index (χ0v) is 19.3. The maximum atomic E-state index is 13.0. The molecule has 0 aliphatic carbocycles. The van der Waals surface area contributed by atoms with Gasteiger partial charge in [0.25, 0.3) is 0 Å². The topological polar surface area (TPSA) is 94.3 Å². The Morgan fingerprint density at radius 3 is 2.43 bits per heavy atom. The van der Waals surface area contributed by atoms with Crippen LogP contribution in [0.4, 0.5) is 0 Å². The van der Waals surface area contributed by atoms with E-state index in [4.69, 9.17) is 13.6 Å². The van der Waals surface area contributed by atoms with Crippen LogP contribution in [0.25, 0.3) is 33.1 Å². The van der Waals surface area contributed by atoms with Crippen molar-refractivity contribution in [2.45, 2.75) is 13.1 Å². The molecule has 0 radical (unpaired) electrons. The highest BCUT2D eigenvalue weighted by atomic mass is 16.5. The van der Waals surface area contributed by atoms with E-state index in [0.29, 0.717) is 39.8 Å². The molecule has 1 unspecified atom stereocenters. The van der Waals surface area contributed by atoms with Crippen molar-refractivity contribution in [3.05, 3.63) is 105 Å². The molecule has 3 aromatic carbocycles. The van der Waals surface area contributed by atoms with Crippen LogP contribution < -0.4 is 20.9 Å². The summed E-state index contributed by atoms with van der Waals surface area (Å²) in [7, 11) is 3.50. The third-order valence-corrected chi connectivity index (χ3v) is 6.05. The van der Waals surface area contributed by atoms with Crippen LogP contribution in [0.1, 0.15) is 11.1 Å². The Balaban J connectivity index is 1.64. The predicted octanol–water partition coefficient (Wildman–Crippen LogP) is 3.50. The van der Waals surface area contributed by atoms with E-state index >= 15 is 0 Å². The van der Waals surface area contributed by atoms with Gasteiger partial charge in [-0.1, -0.05) is 42.5 Å². The van der Waals surface area contributed by atoms with Crippen LogP contribution in [0.15, 0.2) is 91.2 Å². The lowest BCUT2D eigenvalue weighted by molar-refractivity contribution is -0.907. The third-order valence-electron chi connectivity index (χ3n) is 6.05. The maximum Gasteiger partial charge on any atom is 0.344 e. The summed E-state index contributed by atoms with van der Waals surface area (Å²) < 4.78 is 16.4. The lowest BCUT2D eigenvalue weighted by Gasteiger charge is -2.16. The first-order valence-electron chi connectivity index (χ1n) is 11.2. The molecule has 0 spiro atoms. The minimum Gasteiger partial charge on any atom is -0.507 e. The molecule has 7 heteroatoms. The lowest BCUT2D eigenvalue weighted by atomic mass is 9.99. The fourth-order valence-electron chi connectivity index (χ4n) is 4.44. The average molecular weight is 471 g/mol. The SMILES string of the molecule is COc1cccc2cc(-c3cc(=O)oc4c(C[NH+](C)Cc5ccccc5)c(O)ccc34)c(=O)oc12. The molecule has 2 aromatic heterocycles. The molecule has 0 aliphatic rings. The summed E-state index contributed by atoms with van der Waals surface area (Å²) in [6, 6.07) is 21.5. The number of nitrogens with one attached hydrogen (secondary N) is 1. The van der Waals surface area contributed by atoms with Crippen LogP contribution >= 0.6 is 0 Å². The number of phenolic OH excluding ortho intramolecular Hbond substituents is 1. The molecular formula is C28H24NO6+. The first-order valence-corrected chi connectivity index (χ1v) is 11.2. The van der Waals surface area contributed by atoms with E-state index in [-0.39, 0.29) is 16.9 Å². The Kier molecular flexibility index (Phi) is 5.84. The van der Waals surface area contributed by atoms with Gasteiger partial charge in [0.05, 0.1) is 25.3 Å². The van der Waals surface area contributed by atoms with Gasteiger partial charge < -0.3 is 23.6 Å². The number of quaternary nitrogens is 1. The highest BCUT2D eigenvalue weighted by Gasteiger charge is 2.20.